The Hall–Kier alpha value is -1.94. The van der Waals surface area contributed by atoms with Crippen LogP contribution in [-0.2, 0) is 6.54 Å². The summed E-state index contributed by atoms with van der Waals surface area (Å²) in [5.41, 5.74) is 2.04. The first-order chi connectivity index (χ1) is 9.31. The van der Waals surface area contributed by atoms with Gasteiger partial charge in [-0.1, -0.05) is 0 Å². The Labute approximate surface area is 112 Å². The summed E-state index contributed by atoms with van der Waals surface area (Å²) < 4.78 is 5.90. The van der Waals surface area contributed by atoms with E-state index in [0.29, 0.717) is 6.04 Å². The maximum absolute atomic E-state index is 5.90. The Morgan fingerprint density at radius 1 is 1.37 bits per heavy atom. The van der Waals surface area contributed by atoms with Crippen LogP contribution in [0, 0.1) is 6.92 Å². The van der Waals surface area contributed by atoms with Gasteiger partial charge in [-0.25, -0.2) is 0 Å². The van der Waals surface area contributed by atoms with Crippen LogP contribution in [0.2, 0.25) is 0 Å². The lowest BCUT2D eigenvalue weighted by molar-refractivity contribution is 0.468. The number of aryl methyl sites for hydroxylation is 1. The summed E-state index contributed by atoms with van der Waals surface area (Å²) >= 11 is 0. The molecule has 1 aliphatic rings. The van der Waals surface area contributed by atoms with Crippen LogP contribution in [0.25, 0.3) is 0 Å². The molecule has 0 amide bonds. The number of hydrogen-bond acceptors (Lipinski definition) is 4. The summed E-state index contributed by atoms with van der Waals surface area (Å²) in [5, 5.41) is 3.48. The largest absolute Gasteiger partial charge is 0.455 e. The zero-order valence-corrected chi connectivity index (χ0v) is 11.0. The first-order valence-corrected chi connectivity index (χ1v) is 6.58. The molecule has 1 aliphatic carbocycles. The first kappa shape index (κ1) is 12.1. The van der Waals surface area contributed by atoms with Crippen molar-refractivity contribution in [2.24, 2.45) is 0 Å². The Morgan fingerprint density at radius 2 is 2.26 bits per heavy atom. The van der Waals surface area contributed by atoms with E-state index < -0.39 is 0 Å². The van der Waals surface area contributed by atoms with Crippen molar-refractivity contribution in [2.75, 3.05) is 0 Å². The number of aromatic nitrogens is 2. The zero-order chi connectivity index (χ0) is 13.1. The third-order valence-corrected chi connectivity index (χ3v) is 3.10. The molecule has 3 rings (SSSR count). The van der Waals surface area contributed by atoms with Gasteiger partial charge >= 0.3 is 0 Å². The highest BCUT2D eigenvalue weighted by molar-refractivity contribution is 5.36. The average Bonchev–Trinajstić information content (AvgIpc) is 3.23. The van der Waals surface area contributed by atoms with Crippen molar-refractivity contribution < 1.29 is 4.74 Å². The number of nitrogens with one attached hydrogen (secondary N) is 1. The maximum Gasteiger partial charge on any atom is 0.145 e. The Morgan fingerprint density at radius 3 is 3.00 bits per heavy atom. The van der Waals surface area contributed by atoms with Crippen molar-refractivity contribution in [2.45, 2.75) is 32.4 Å². The van der Waals surface area contributed by atoms with E-state index in [0.717, 1.165) is 29.3 Å². The van der Waals surface area contributed by atoms with Gasteiger partial charge in [-0.2, -0.15) is 0 Å². The van der Waals surface area contributed by atoms with E-state index in [1.54, 1.807) is 12.4 Å². The summed E-state index contributed by atoms with van der Waals surface area (Å²) in [5.74, 6) is 1.61. The second kappa shape index (κ2) is 5.36. The minimum absolute atomic E-state index is 0.674. The van der Waals surface area contributed by atoms with Gasteiger partial charge in [-0.15, -0.1) is 0 Å². The molecule has 0 unspecified atom stereocenters. The highest BCUT2D eigenvalue weighted by Crippen LogP contribution is 2.26. The molecule has 1 N–H and O–H groups in total. The average molecular weight is 255 g/mol. The molecule has 4 nitrogen and oxygen atoms in total. The predicted octanol–water partition coefficient (Wildman–Crippen LogP) is 2.83. The molecule has 19 heavy (non-hydrogen) atoms. The van der Waals surface area contributed by atoms with E-state index in [-0.39, 0.29) is 0 Å². The van der Waals surface area contributed by atoms with Crippen molar-refractivity contribution >= 4 is 0 Å². The molecule has 0 radical (unpaired) electrons. The van der Waals surface area contributed by atoms with Gasteiger partial charge in [0.2, 0.25) is 0 Å². The zero-order valence-electron chi connectivity index (χ0n) is 11.0. The predicted molar refractivity (Wildman–Crippen MR) is 73.1 cm³/mol. The quantitative estimate of drug-likeness (QED) is 0.892. The van der Waals surface area contributed by atoms with Crippen LogP contribution in [0.1, 0.15) is 24.1 Å². The minimum atomic E-state index is 0.674. The monoisotopic (exact) mass is 255 g/mol. The van der Waals surface area contributed by atoms with Gasteiger partial charge in [-0.05, 0) is 31.9 Å². The fourth-order valence-corrected chi connectivity index (χ4v) is 1.87. The molecule has 2 heterocycles. The van der Waals surface area contributed by atoms with Crippen molar-refractivity contribution in [1.82, 2.24) is 15.3 Å². The van der Waals surface area contributed by atoms with Crippen LogP contribution < -0.4 is 10.1 Å². The molecule has 0 spiro atoms. The number of pyridine rings is 2. The van der Waals surface area contributed by atoms with Crippen LogP contribution in [0.3, 0.4) is 0 Å². The van der Waals surface area contributed by atoms with Gasteiger partial charge in [0.25, 0.3) is 0 Å². The maximum atomic E-state index is 5.90. The summed E-state index contributed by atoms with van der Waals surface area (Å²) in [6.07, 6.45) is 7.89. The third-order valence-electron chi connectivity index (χ3n) is 3.10. The molecule has 1 saturated carbocycles. The molecule has 2 aromatic rings. The third kappa shape index (κ3) is 3.29. The SMILES string of the molecule is Cc1cc(Oc2cccnc2)c(CNC2CC2)cn1. The highest BCUT2D eigenvalue weighted by Gasteiger charge is 2.20. The lowest BCUT2D eigenvalue weighted by atomic mass is 10.2. The Bertz CT molecular complexity index is 553. The molecular formula is C15H17N3O. The van der Waals surface area contributed by atoms with Gasteiger partial charge in [-0.3, -0.25) is 9.97 Å². The molecule has 0 atom stereocenters. The topological polar surface area (TPSA) is 47.0 Å². The van der Waals surface area contributed by atoms with Crippen LogP contribution >= 0.6 is 0 Å². The van der Waals surface area contributed by atoms with Gasteiger partial charge in [0.05, 0.1) is 6.20 Å². The molecule has 0 aliphatic heterocycles. The fraction of sp³-hybridized carbons (Fsp3) is 0.333. The number of ether oxygens (including phenoxy) is 1. The summed E-state index contributed by atoms with van der Waals surface area (Å²) in [4.78, 5) is 8.41. The van der Waals surface area contributed by atoms with Crippen LogP contribution in [-0.4, -0.2) is 16.0 Å². The Balaban J connectivity index is 1.78. The van der Waals surface area contributed by atoms with Crippen molar-refractivity contribution in [3.63, 3.8) is 0 Å². The second-order valence-corrected chi connectivity index (χ2v) is 4.88. The van der Waals surface area contributed by atoms with E-state index in [1.807, 2.05) is 31.3 Å². The molecule has 0 saturated heterocycles. The number of hydrogen-bond donors (Lipinski definition) is 1. The first-order valence-electron chi connectivity index (χ1n) is 6.58. The summed E-state index contributed by atoms with van der Waals surface area (Å²) in [7, 11) is 0. The van der Waals surface area contributed by atoms with Gasteiger partial charge < -0.3 is 10.1 Å². The van der Waals surface area contributed by atoms with Crippen molar-refractivity contribution in [1.29, 1.82) is 0 Å². The normalized spacial score (nSPS) is 14.4. The summed E-state index contributed by atoms with van der Waals surface area (Å²) in [6, 6.07) is 6.41. The molecular weight excluding hydrogens is 238 g/mol. The standard InChI is InChI=1S/C15H17N3O/c1-11-7-15(19-14-3-2-6-16-10-14)12(8-17-11)9-18-13-4-5-13/h2-3,6-8,10,13,18H,4-5,9H2,1H3. The molecule has 4 heteroatoms. The minimum Gasteiger partial charge on any atom is -0.455 e. The molecule has 98 valence electrons. The molecule has 0 aromatic carbocycles. The Kier molecular flexibility index (Phi) is 3.42. The smallest absolute Gasteiger partial charge is 0.145 e. The number of rotatable bonds is 5. The molecule has 2 aromatic heterocycles. The number of nitrogens with zero attached hydrogens (tertiary/aromatic N) is 2. The van der Waals surface area contributed by atoms with Crippen molar-refractivity contribution in [3.05, 3.63) is 48.0 Å². The fourth-order valence-electron chi connectivity index (χ4n) is 1.87. The van der Waals surface area contributed by atoms with E-state index in [2.05, 4.69) is 15.3 Å². The highest BCUT2D eigenvalue weighted by atomic mass is 16.5. The van der Waals surface area contributed by atoms with E-state index in [9.17, 15) is 0 Å². The van der Waals surface area contributed by atoms with Crippen LogP contribution in [0.5, 0.6) is 11.5 Å². The van der Waals surface area contributed by atoms with Gasteiger partial charge in [0.15, 0.2) is 0 Å². The van der Waals surface area contributed by atoms with Crippen molar-refractivity contribution in [3.8, 4) is 11.5 Å². The molecule has 0 bridgehead atoms. The van der Waals surface area contributed by atoms with E-state index in [1.165, 1.54) is 12.8 Å². The van der Waals surface area contributed by atoms with Crippen LogP contribution in [0.15, 0.2) is 36.8 Å². The lowest BCUT2D eigenvalue weighted by Crippen LogP contribution is -2.16. The van der Waals surface area contributed by atoms with Crippen LogP contribution in [0.4, 0.5) is 0 Å². The van der Waals surface area contributed by atoms with E-state index in [4.69, 9.17) is 4.74 Å². The van der Waals surface area contributed by atoms with E-state index >= 15 is 0 Å². The van der Waals surface area contributed by atoms with Gasteiger partial charge in [0, 0.05) is 42.3 Å². The second-order valence-electron chi connectivity index (χ2n) is 4.88. The molecule has 1 fully saturated rings. The van der Waals surface area contributed by atoms with Gasteiger partial charge in [0.1, 0.15) is 11.5 Å². The summed E-state index contributed by atoms with van der Waals surface area (Å²) in [6.45, 7) is 2.77. The lowest BCUT2D eigenvalue weighted by Gasteiger charge is -2.12.